The van der Waals surface area contributed by atoms with Crippen molar-refractivity contribution in [3.8, 4) is 17.0 Å². The number of carboxylic acid groups (broad SMARTS) is 1. The van der Waals surface area contributed by atoms with Gasteiger partial charge >= 0.3 is 5.97 Å². The molecule has 0 saturated heterocycles. The molecule has 2 rings (SSSR count). The Morgan fingerprint density at radius 3 is 2.68 bits per heavy atom. The van der Waals surface area contributed by atoms with E-state index in [9.17, 15) is 14.3 Å². The van der Waals surface area contributed by atoms with Crippen LogP contribution in [0.25, 0.3) is 11.1 Å². The van der Waals surface area contributed by atoms with E-state index in [0.717, 1.165) is 0 Å². The summed E-state index contributed by atoms with van der Waals surface area (Å²) in [5.74, 6) is -0.916. The standard InChI is InChI=1S/C17H18FNO3/c1-10(2)13-7-12(18)8-14(15(13)9-17(20)21)11-4-5-19-16(6-11)22-3/h4-8,10H,9H2,1-3H3,(H,20,21). The maximum Gasteiger partial charge on any atom is 0.307 e. The molecule has 4 nitrogen and oxygen atoms in total. The van der Waals surface area contributed by atoms with Gasteiger partial charge in [-0.1, -0.05) is 13.8 Å². The van der Waals surface area contributed by atoms with Gasteiger partial charge in [0.1, 0.15) is 5.82 Å². The molecule has 22 heavy (non-hydrogen) atoms. The minimum Gasteiger partial charge on any atom is -0.481 e. The molecular weight excluding hydrogens is 285 g/mol. The number of carboxylic acids is 1. The zero-order chi connectivity index (χ0) is 16.3. The number of ether oxygens (including phenoxy) is 1. The van der Waals surface area contributed by atoms with Crippen molar-refractivity contribution >= 4 is 5.97 Å². The summed E-state index contributed by atoms with van der Waals surface area (Å²) in [6, 6.07) is 6.15. The summed E-state index contributed by atoms with van der Waals surface area (Å²) in [5, 5.41) is 9.18. The highest BCUT2D eigenvalue weighted by atomic mass is 19.1. The van der Waals surface area contributed by atoms with Gasteiger partial charge < -0.3 is 9.84 Å². The highest BCUT2D eigenvalue weighted by Crippen LogP contribution is 2.33. The van der Waals surface area contributed by atoms with E-state index in [1.54, 1.807) is 18.3 Å². The fourth-order valence-electron chi connectivity index (χ4n) is 2.47. The van der Waals surface area contributed by atoms with E-state index >= 15 is 0 Å². The quantitative estimate of drug-likeness (QED) is 0.916. The smallest absolute Gasteiger partial charge is 0.307 e. The number of benzene rings is 1. The van der Waals surface area contributed by atoms with Gasteiger partial charge in [-0.05, 0) is 46.4 Å². The van der Waals surface area contributed by atoms with Crippen LogP contribution in [-0.2, 0) is 11.2 Å². The number of nitrogens with zero attached hydrogens (tertiary/aromatic N) is 1. The minimum absolute atomic E-state index is 0.0209. The van der Waals surface area contributed by atoms with E-state index < -0.39 is 5.97 Å². The third kappa shape index (κ3) is 3.42. The van der Waals surface area contributed by atoms with Crippen LogP contribution in [0.3, 0.4) is 0 Å². The summed E-state index contributed by atoms with van der Waals surface area (Å²) >= 11 is 0. The molecule has 0 radical (unpaired) electrons. The first-order valence-electron chi connectivity index (χ1n) is 6.97. The van der Waals surface area contributed by atoms with E-state index in [1.807, 2.05) is 13.8 Å². The lowest BCUT2D eigenvalue weighted by Gasteiger charge is -2.17. The second-order valence-corrected chi connectivity index (χ2v) is 5.33. The van der Waals surface area contributed by atoms with Crippen molar-refractivity contribution in [2.24, 2.45) is 0 Å². The molecule has 0 fully saturated rings. The van der Waals surface area contributed by atoms with Gasteiger partial charge in [-0.15, -0.1) is 0 Å². The Morgan fingerprint density at radius 2 is 2.09 bits per heavy atom. The monoisotopic (exact) mass is 303 g/mol. The summed E-state index contributed by atoms with van der Waals surface area (Å²) < 4.78 is 19.1. The van der Waals surface area contributed by atoms with Crippen LogP contribution in [0.2, 0.25) is 0 Å². The van der Waals surface area contributed by atoms with Gasteiger partial charge in [0.05, 0.1) is 13.5 Å². The van der Waals surface area contributed by atoms with Crippen molar-refractivity contribution in [3.63, 3.8) is 0 Å². The molecule has 0 aliphatic carbocycles. The predicted octanol–water partition coefficient (Wildman–Crippen LogP) is 3.65. The number of pyridine rings is 1. The minimum atomic E-state index is -0.948. The molecule has 0 aliphatic heterocycles. The molecule has 0 amide bonds. The predicted molar refractivity (Wildman–Crippen MR) is 81.6 cm³/mol. The Labute approximate surface area is 128 Å². The van der Waals surface area contributed by atoms with Crippen molar-refractivity contribution in [2.45, 2.75) is 26.2 Å². The highest BCUT2D eigenvalue weighted by molar-refractivity contribution is 5.78. The number of carbonyl (C=O) groups is 1. The molecule has 0 aliphatic rings. The summed E-state index contributed by atoms with van der Waals surface area (Å²) in [7, 11) is 1.50. The Bertz CT molecular complexity index is 698. The number of aliphatic carboxylic acids is 1. The first kappa shape index (κ1) is 15.9. The first-order valence-corrected chi connectivity index (χ1v) is 6.97. The number of hydrogen-bond acceptors (Lipinski definition) is 3. The third-order valence-electron chi connectivity index (χ3n) is 3.45. The number of aromatic nitrogens is 1. The number of rotatable bonds is 5. The molecule has 0 unspecified atom stereocenters. The van der Waals surface area contributed by atoms with Crippen LogP contribution in [0.4, 0.5) is 4.39 Å². The lowest BCUT2D eigenvalue weighted by atomic mass is 9.88. The lowest BCUT2D eigenvalue weighted by molar-refractivity contribution is -0.136. The lowest BCUT2D eigenvalue weighted by Crippen LogP contribution is -2.08. The molecule has 0 atom stereocenters. The van der Waals surface area contributed by atoms with Crippen LogP contribution >= 0.6 is 0 Å². The molecule has 0 bridgehead atoms. The summed E-state index contributed by atoms with van der Waals surface area (Å²) in [4.78, 5) is 15.2. The van der Waals surface area contributed by atoms with Gasteiger partial charge in [0.2, 0.25) is 5.88 Å². The van der Waals surface area contributed by atoms with Crippen LogP contribution in [0.5, 0.6) is 5.88 Å². The number of methoxy groups -OCH3 is 1. The van der Waals surface area contributed by atoms with Crippen LogP contribution in [-0.4, -0.2) is 23.2 Å². The van der Waals surface area contributed by atoms with Crippen molar-refractivity contribution < 1.29 is 19.0 Å². The zero-order valence-corrected chi connectivity index (χ0v) is 12.8. The van der Waals surface area contributed by atoms with E-state index in [-0.39, 0.29) is 18.2 Å². The second kappa shape index (κ2) is 6.56. The Hall–Kier alpha value is -2.43. The average Bonchev–Trinajstić information content (AvgIpc) is 2.48. The molecule has 5 heteroatoms. The van der Waals surface area contributed by atoms with Gasteiger partial charge in [-0.2, -0.15) is 0 Å². The van der Waals surface area contributed by atoms with Crippen LogP contribution < -0.4 is 4.74 Å². The van der Waals surface area contributed by atoms with Crippen molar-refractivity contribution in [2.75, 3.05) is 7.11 Å². The fraction of sp³-hybridized carbons (Fsp3) is 0.294. The Balaban J connectivity index is 2.69. The molecule has 0 saturated carbocycles. The summed E-state index contributed by atoms with van der Waals surface area (Å²) in [6.45, 7) is 3.83. The van der Waals surface area contributed by atoms with E-state index in [1.165, 1.54) is 19.2 Å². The van der Waals surface area contributed by atoms with Crippen molar-refractivity contribution in [1.82, 2.24) is 4.98 Å². The maximum absolute atomic E-state index is 14.0. The average molecular weight is 303 g/mol. The zero-order valence-electron chi connectivity index (χ0n) is 12.8. The topological polar surface area (TPSA) is 59.4 Å². The molecule has 1 aromatic carbocycles. The second-order valence-electron chi connectivity index (χ2n) is 5.33. The number of hydrogen-bond donors (Lipinski definition) is 1. The Morgan fingerprint density at radius 1 is 1.36 bits per heavy atom. The van der Waals surface area contributed by atoms with Gasteiger partial charge in [0, 0.05) is 12.3 Å². The maximum atomic E-state index is 14.0. The van der Waals surface area contributed by atoms with E-state index in [4.69, 9.17) is 4.74 Å². The van der Waals surface area contributed by atoms with Gasteiger partial charge in [0.25, 0.3) is 0 Å². The van der Waals surface area contributed by atoms with Crippen LogP contribution in [0.15, 0.2) is 30.5 Å². The van der Waals surface area contributed by atoms with Gasteiger partial charge in [0.15, 0.2) is 0 Å². The fourth-order valence-corrected chi connectivity index (χ4v) is 2.47. The molecule has 2 aromatic rings. The number of halogens is 1. The SMILES string of the molecule is COc1cc(-c2cc(F)cc(C(C)C)c2CC(=O)O)ccn1. The molecular formula is C17H18FNO3. The van der Waals surface area contributed by atoms with Crippen molar-refractivity contribution in [3.05, 3.63) is 47.4 Å². The normalized spacial score (nSPS) is 10.8. The first-order chi connectivity index (χ1) is 10.4. The van der Waals surface area contributed by atoms with Gasteiger partial charge in [-0.25, -0.2) is 9.37 Å². The van der Waals surface area contributed by atoms with Gasteiger partial charge in [-0.3, -0.25) is 4.79 Å². The van der Waals surface area contributed by atoms with E-state index in [2.05, 4.69) is 4.98 Å². The largest absolute Gasteiger partial charge is 0.481 e. The molecule has 1 N–H and O–H groups in total. The van der Waals surface area contributed by atoms with Crippen LogP contribution in [0.1, 0.15) is 30.9 Å². The van der Waals surface area contributed by atoms with Crippen LogP contribution in [0, 0.1) is 5.82 Å². The summed E-state index contributed by atoms with van der Waals surface area (Å²) in [6.07, 6.45) is 1.40. The Kier molecular flexibility index (Phi) is 4.75. The highest BCUT2D eigenvalue weighted by Gasteiger charge is 2.18. The van der Waals surface area contributed by atoms with Crippen molar-refractivity contribution in [1.29, 1.82) is 0 Å². The third-order valence-corrected chi connectivity index (χ3v) is 3.45. The van der Waals surface area contributed by atoms with E-state index in [0.29, 0.717) is 28.1 Å². The molecule has 116 valence electrons. The molecule has 0 spiro atoms. The molecule has 1 heterocycles. The summed E-state index contributed by atoms with van der Waals surface area (Å²) in [5.41, 5.74) is 2.57. The molecule has 1 aromatic heterocycles.